The van der Waals surface area contributed by atoms with E-state index in [-0.39, 0.29) is 11.8 Å². The van der Waals surface area contributed by atoms with E-state index in [1.165, 1.54) is 33.9 Å². The van der Waals surface area contributed by atoms with E-state index in [4.69, 9.17) is 0 Å². The molecule has 0 spiro atoms. The summed E-state index contributed by atoms with van der Waals surface area (Å²) in [5, 5.41) is 5.79. The van der Waals surface area contributed by atoms with Crippen molar-refractivity contribution in [3.63, 3.8) is 0 Å². The van der Waals surface area contributed by atoms with Crippen molar-refractivity contribution in [2.45, 2.75) is 25.9 Å². The summed E-state index contributed by atoms with van der Waals surface area (Å²) in [6.07, 6.45) is -4.70. The fourth-order valence-corrected chi connectivity index (χ4v) is 4.99. The number of hydrogen-bond acceptors (Lipinski definition) is 3. The largest absolute Gasteiger partial charge is 0.573 e. The molecule has 3 aromatic carbocycles. The van der Waals surface area contributed by atoms with Gasteiger partial charge in [-0.1, -0.05) is 36.4 Å². The fraction of sp³-hybridized carbons (Fsp3) is 0.308. The number of fused-ring (bicyclic) bond motifs is 3. The lowest BCUT2D eigenvalue weighted by molar-refractivity contribution is -0.274. The van der Waals surface area contributed by atoms with Crippen molar-refractivity contribution >= 4 is 21.8 Å². The van der Waals surface area contributed by atoms with Crippen molar-refractivity contribution in [2.24, 2.45) is 0 Å². The highest BCUT2D eigenvalue weighted by Crippen LogP contribution is 2.36. The quantitative estimate of drug-likeness (QED) is 0.420. The molecule has 33 heavy (non-hydrogen) atoms. The fourth-order valence-electron chi connectivity index (χ4n) is 4.99. The van der Waals surface area contributed by atoms with Gasteiger partial charge in [-0.15, -0.1) is 13.2 Å². The molecule has 2 heterocycles. The SMILES string of the molecule is CCn1c2ccccc2c2cc([C@@H](c3ccc(OC(F)(F)F)cc3)N3CCNCC3)ccc21. The number of rotatable bonds is 5. The summed E-state index contributed by atoms with van der Waals surface area (Å²) in [6.45, 7) is 6.51. The second kappa shape index (κ2) is 8.72. The Bertz CT molecular complexity index is 1260. The summed E-state index contributed by atoms with van der Waals surface area (Å²) in [5.41, 5.74) is 4.48. The predicted molar refractivity (Wildman–Crippen MR) is 125 cm³/mol. The lowest BCUT2D eigenvalue weighted by Crippen LogP contribution is -2.45. The van der Waals surface area contributed by atoms with E-state index >= 15 is 0 Å². The second-order valence-electron chi connectivity index (χ2n) is 8.34. The Kier molecular flexibility index (Phi) is 5.76. The Morgan fingerprint density at radius 2 is 1.55 bits per heavy atom. The van der Waals surface area contributed by atoms with Crippen molar-refractivity contribution < 1.29 is 17.9 Å². The molecule has 1 saturated heterocycles. The topological polar surface area (TPSA) is 29.4 Å². The number of piperazine rings is 1. The van der Waals surface area contributed by atoms with E-state index in [2.05, 4.69) is 68.9 Å². The number of ether oxygens (including phenoxy) is 1. The van der Waals surface area contributed by atoms with Crippen LogP contribution in [0.5, 0.6) is 5.75 Å². The molecule has 0 saturated carbocycles. The molecule has 1 fully saturated rings. The van der Waals surface area contributed by atoms with Crippen molar-refractivity contribution in [2.75, 3.05) is 26.2 Å². The Morgan fingerprint density at radius 3 is 2.24 bits per heavy atom. The van der Waals surface area contributed by atoms with Gasteiger partial charge in [0.25, 0.3) is 0 Å². The number of benzene rings is 3. The number of halogens is 3. The first kappa shape index (κ1) is 21.8. The number of aromatic nitrogens is 1. The van der Waals surface area contributed by atoms with Gasteiger partial charge in [-0.05, 0) is 48.4 Å². The van der Waals surface area contributed by atoms with E-state index in [9.17, 15) is 13.2 Å². The maximum Gasteiger partial charge on any atom is 0.573 e. The summed E-state index contributed by atoms with van der Waals surface area (Å²) in [6, 6.07) is 21.2. The van der Waals surface area contributed by atoms with E-state index in [1.54, 1.807) is 12.1 Å². The molecule has 1 aliphatic heterocycles. The summed E-state index contributed by atoms with van der Waals surface area (Å²) in [7, 11) is 0. The van der Waals surface area contributed by atoms with Gasteiger partial charge in [-0.2, -0.15) is 0 Å². The molecule has 0 bridgehead atoms. The lowest BCUT2D eigenvalue weighted by Gasteiger charge is -2.35. The first-order valence-electron chi connectivity index (χ1n) is 11.3. The van der Waals surface area contributed by atoms with Crippen LogP contribution in [0.15, 0.2) is 66.7 Å². The molecule has 5 rings (SSSR count). The Hall–Kier alpha value is -3.03. The third kappa shape index (κ3) is 4.30. The normalized spacial score (nSPS) is 16.4. The molecule has 1 aromatic heterocycles. The highest BCUT2D eigenvalue weighted by atomic mass is 19.4. The predicted octanol–water partition coefficient (Wildman–Crippen LogP) is 5.71. The number of nitrogens with zero attached hydrogens (tertiary/aromatic N) is 2. The monoisotopic (exact) mass is 453 g/mol. The molecular weight excluding hydrogens is 427 g/mol. The molecule has 1 aliphatic rings. The van der Waals surface area contributed by atoms with Crippen LogP contribution in [0.3, 0.4) is 0 Å². The maximum absolute atomic E-state index is 12.6. The Labute approximate surface area is 190 Å². The molecule has 1 N–H and O–H groups in total. The molecule has 172 valence electrons. The number of aryl methyl sites for hydroxylation is 1. The van der Waals surface area contributed by atoms with Gasteiger partial charge in [0.2, 0.25) is 0 Å². The minimum Gasteiger partial charge on any atom is -0.406 e. The van der Waals surface area contributed by atoms with Crippen LogP contribution in [-0.2, 0) is 6.54 Å². The van der Waals surface area contributed by atoms with E-state index in [0.717, 1.165) is 43.9 Å². The molecule has 1 atom stereocenters. The first-order chi connectivity index (χ1) is 15.9. The standard InChI is InChI=1S/C26H26F3N3O/c1-2-32-23-6-4-3-5-21(23)22-17-19(9-12-24(22)32)25(31-15-13-30-14-16-31)18-7-10-20(11-8-18)33-26(27,28)29/h3-12,17,25,30H,2,13-16H2,1H3/t25-/m1/s1. The molecule has 0 radical (unpaired) electrons. The van der Waals surface area contributed by atoms with Gasteiger partial charge < -0.3 is 14.6 Å². The van der Waals surface area contributed by atoms with Crippen molar-refractivity contribution in [3.05, 3.63) is 77.9 Å². The zero-order chi connectivity index (χ0) is 23.0. The third-order valence-corrected chi connectivity index (χ3v) is 6.37. The average Bonchev–Trinajstić information content (AvgIpc) is 3.13. The number of alkyl halides is 3. The molecule has 4 aromatic rings. The number of hydrogen-bond donors (Lipinski definition) is 1. The van der Waals surface area contributed by atoms with Crippen molar-refractivity contribution in [1.82, 2.24) is 14.8 Å². The van der Waals surface area contributed by atoms with Crippen molar-refractivity contribution in [1.29, 1.82) is 0 Å². The number of nitrogens with one attached hydrogen (secondary N) is 1. The summed E-state index contributed by atoms with van der Waals surface area (Å²) in [4.78, 5) is 2.39. The van der Waals surface area contributed by atoms with Crippen LogP contribution in [-0.4, -0.2) is 42.0 Å². The molecule has 0 amide bonds. The number of para-hydroxylation sites is 1. The Balaban J connectivity index is 1.60. The van der Waals surface area contributed by atoms with Crippen LogP contribution in [0.2, 0.25) is 0 Å². The highest BCUT2D eigenvalue weighted by Gasteiger charge is 2.31. The van der Waals surface area contributed by atoms with Gasteiger partial charge in [-0.25, -0.2) is 0 Å². The van der Waals surface area contributed by atoms with Gasteiger partial charge in [0.1, 0.15) is 5.75 Å². The summed E-state index contributed by atoms with van der Waals surface area (Å²) in [5.74, 6) is -0.202. The van der Waals surface area contributed by atoms with Gasteiger partial charge >= 0.3 is 6.36 Å². The minimum atomic E-state index is -4.70. The van der Waals surface area contributed by atoms with Gasteiger partial charge in [0.05, 0.1) is 6.04 Å². The van der Waals surface area contributed by atoms with Gasteiger partial charge in [0, 0.05) is 54.5 Å². The van der Waals surface area contributed by atoms with E-state index < -0.39 is 6.36 Å². The molecule has 4 nitrogen and oxygen atoms in total. The second-order valence-corrected chi connectivity index (χ2v) is 8.34. The van der Waals surface area contributed by atoms with Crippen LogP contribution < -0.4 is 10.1 Å². The van der Waals surface area contributed by atoms with Crippen LogP contribution in [0, 0.1) is 0 Å². The van der Waals surface area contributed by atoms with Gasteiger partial charge in [-0.3, -0.25) is 4.90 Å². The van der Waals surface area contributed by atoms with E-state index in [1.807, 2.05) is 0 Å². The third-order valence-electron chi connectivity index (χ3n) is 6.37. The highest BCUT2D eigenvalue weighted by molar-refractivity contribution is 6.08. The summed E-state index contributed by atoms with van der Waals surface area (Å²) < 4.78 is 44.3. The molecule has 0 unspecified atom stereocenters. The lowest BCUT2D eigenvalue weighted by atomic mass is 9.95. The first-order valence-corrected chi connectivity index (χ1v) is 11.3. The minimum absolute atomic E-state index is 0.0554. The van der Waals surface area contributed by atoms with Crippen LogP contribution in [0.1, 0.15) is 24.1 Å². The average molecular weight is 454 g/mol. The molecule has 0 aliphatic carbocycles. The maximum atomic E-state index is 12.6. The zero-order valence-electron chi connectivity index (χ0n) is 18.4. The van der Waals surface area contributed by atoms with Crippen LogP contribution >= 0.6 is 0 Å². The van der Waals surface area contributed by atoms with Crippen LogP contribution in [0.25, 0.3) is 21.8 Å². The Morgan fingerprint density at radius 1 is 0.879 bits per heavy atom. The van der Waals surface area contributed by atoms with Crippen LogP contribution in [0.4, 0.5) is 13.2 Å². The molecule has 7 heteroatoms. The van der Waals surface area contributed by atoms with E-state index in [0.29, 0.717) is 0 Å². The van der Waals surface area contributed by atoms with Crippen molar-refractivity contribution in [3.8, 4) is 5.75 Å². The smallest absolute Gasteiger partial charge is 0.406 e. The van der Waals surface area contributed by atoms with Gasteiger partial charge in [0.15, 0.2) is 0 Å². The zero-order valence-corrected chi connectivity index (χ0v) is 18.4. The molecular formula is C26H26F3N3O. The summed E-state index contributed by atoms with van der Waals surface area (Å²) >= 11 is 0.